The van der Waals surface area contributed by atoms with E-state index < -0.39 is 11.5 Å². The van der Waals surface area contributed by atoms with Gasteiger partial charge in [-0.1, -0.05) is 6.07 Å². The summed E-state index contributed by atoms with van der Waals surface area (Å²) in [6, 6.07) is 6.66. The van der Waals surface area contributed by atoms with Crippen molar-refractivity contribution in [3.63, 3.8) is 0 Å². The molecule has 1 aromatic carbocycles. The third-order valence-corrected chi connectivity index (χ3v) is 4.21. The average Bonchev–Trinajstić information content (AvgIpc) is 2.90. The molecule has 2 aromatic rings. The fraction of sp³-hybridized carbons (Fsp3) is 0.312. The highest BCUT2D eigenvalue weighted by Crippen LogP contribution is 2.35. The maximum absolute atomic E-state index is 12.4. The number of benzene rings is 1. The first-order valence-electron chi connectivity index (χ1n) is 7.40. The van der Waals surface area contributed by atoms with Crippen molar-refractivity contribution in [1.29, 1.82) is 0 Å². The molecule has 7 heteroatoms. The lowest BCUT2D eigenvalue weighted by molar-refractivity contribution is -0.139. The zero-order valence-electron chi connectivity index (χ0n) is 12.4. The first-order valence-corrected chi connectivity index (χ1v) is 7.40. The number of carbonyl (C=O) groups is 2. The Morgan fingerprint density at radius 1 is 1.35 bits per heavy atom. The van der Waals surface area contributed by atoms with Crippen molar-refractivity contribution in [3.8, 4) is 5.69 Å². The second-order valence-electron chi connectivity index (χ2n) is 5.84. The van der Waals surface area contributed by atoms with Crippen molar-refractivity contribution in [2.75, 3.05) is 0 Å². The summed E-state index contributed by atoms with van der Waals surface area (Å²) in [5.41, 5.74) is 0.0325. The Balaban J connectivity index is 1.82. The van der Waals surface area contributed by atoms with Gasteiger partial charge in [0.05, 0.1) is 17.6 Å². The summed E-state index contributed by atoms with van der Waals surface area (Å²) in [5.74, 6) is -1.24. The van der Waals surface area contributed by atoms with Crippen molar-refractivity contribution in [1.82, 2.24) is 14.9 Å². The second-order valence-corrected chi connectivity index (χ2v) is 5.84. The number of imidazole rings is 1. The quantitative estimate of drug-likeness (QED) is 0.773. The third kappa shape index (κ3) is 3.03. The highest BCUT2D eigenvalue weighted by atomic mass is 16.4. The number of carboxylic acid groups (broad SMARTS) is 1. The topological polar surface area (TPSA) is 104 Å². The molecular formula is C16H17N3O4. The van der Waals surface area contributed by atoms with E-state index >= 15 is 0 Å². The molecule has 3 rings (SSSR count). The Bertz CT molecular complexity index is 801. The molecule has 23 heavy (non-hydrogen) atoms. The normalized spacial score (nSPS) is 15.7. The lowest BCUT2D eigenvalue weighted by Crippen LogP contribution is -2.54. The summed E-state index contributed by atoms with van der Waals surface area (Å²) in [5, 5.41) is 11.9. The second kappa shape index (κ2) is 5.75. The van der Waals surface area contributed by atoms with Gasteiger partial charge in [0.15, 0.2) is 0 Å². The number of nitrogens with zero attached hydrogens (tertiary/aromatic N) is 1. The summed E-state index contributed by atoms with van der Waals surface area (Å²) in [6.07, 6.45) is 5.27. The van der Waals surface area contributed by atoms with Crippen LogP contribution in [0.3, 0.4) is 0 Å². The van der Waals surface area contributed by atoms with Gasteiger partial charge >= 0.3 is 11.7 Å². The molecule has 1 aromatic heterocycles. The number of hydrogen-bond donors (Lipinski definition) is 3. The van der Waals surface area contributed by atoms with Gasteiger partial charge in [-0.25, -0.2) is 4.79 Å². The standard InChI is InChI=1S/C16H17N3O4/c20-13(21)10-16(5-2-6-16)18-14(22)11-3-1-4-12(9-11)19-8-7-17-15(19)23/h1,3-4,7-9H,2,5-6,10H2,(H,17,23)(H,18,22)(H,20,21). The molecule has 0 saturated heterocycles. The Morgan fingerprint density at radius 2 is 2.13 bits per heavy atom. The van der Waals surface area contributed by atoms with Crippen LogP contribution >= 0.6 is 0 Å². The number of carboxylic acids is 1. The van der Waals surface area contributed by atoms with E-state index in [1.54, 1.807) is 30.5 Å². The molecule has 1 aliphatic rings. The van der Waals surface area contributed by atoms with Crippen molar-refractivity contribution in [2.24, 2.45) is 0 Å². The predicted octanol–water partition coefficient (Wildman–Crippen LogP) is 1.29. The monoisotopic (exact) mass is 315 g/mol. The SMILES string of the molecule is O=C(O)CC1(NC(=O)c2cccc(-n3cc[nH]c3=O)c2)CCC1. The lowest BCUT2D eigenvalue weighted by atomic mass is 9.74. The number of aliphatic carboxylic acids is 1. The van der Waals surface area contributed by atoms with E-state index in [1.807, 2.05) is 0 Å². The molecule has 1 heterocycles. The maximum Gasteiger partial charge on any atom is 0.330 e. The summed E-state index contributed by atoms with van der Waals surface area (Å²) < 4.78 is 1.40. The van der Waals surface area contributed by atoms with Gasteiger partial charge in [-0.15, -0.1) is 0 Å². The third-order valence-electron chi connectivity index (χ3n) is 4.21. The fourth-order valence-electron chi connectivity index (χ4n) is 2.87. The minimum Gasteiger partial charge on any atom is -0.481 e. The van der Waals surface area contributed by atoms with E-state index in [2.05, 4.69) is 10.3 Å². The van der Waals surface area contributed by atoms with E-state index in [0.29, 0.717) is 24.1 Å². The summed E-state index contributed by atoms with van der Waals surface area (Å²) in [4.78, 5) is 37.6. The van der Waals surface area contributed by atoms with Gasteiger partial charge in [-0.2, -0.15) is 0 Å². The predicted molar refractivity (Wildman–Crippen MR) is 82.7 cm³/mol. The van der Waals surface area contributed by atoms with E-state index in [1.165, 1.54) is 10.8 Å². The number of H-pyrrole nitrogens is 1. The van der Waals surface area contributed by atoms with Crippen LogP contribution in [-0.2, 0) is 4.79 Å². The van der Waals surface area contributed by atoms with Crippen LogP contribution in [0.5, 0.6) is 0 Å². The first-order chi connectivity index (χ1) is 11.0. The van der Waals surface area contributed by atoms with Crippen molar-refractivity contribution in [2.45, 2.75) is 31.2 Å². The molecule has 1 aliphatic carbocycles. The smallest absolute Gasteiger partial charge is 0.330 e. The van der Waals surface area contributed by atoms with E-state index in [9.17, 15) is 14.4 Å². The van der Waals surface area contributed by atoms with Crippen LogP contribution in [0.1, 0.15) is 36.0 Å². The van der Waals surface area contributed by atoms with E-state index in [-0.39, 0.29) is 18.0 Å². The number of aromatic amines is 1. The highest BCUT2D eigenvalue weighted by molar-refractivity contribution is 5.95. The zero-order valence-corrected chi connectivity index (χ0v) is 12.4. The average molecular weight is 315 g/mol. The molecule has 0 radical (unpaired) electrons. The van der Waals surface area contributed by atoms with Crippen molar-refractivity contribution in [3.05, 3.63) is 52.7 Å². The van der Waals surface area contributed by atoms with Crippen LogP contribution < -0.4 is 11.0 Å². The molecule has 0 aliphatic heterocycles. The molecule has 0 spiro atoms. The van der Waals surface area contributed by atoms with Gasteiger partial charge in [0.1, 0.15) is 0 Å². The molecule has 7 nitrogen and oxygen atoms in total. The summed E-state index contributed by atoms with van der Waals surface area (Å²) in [6.45, 7) is 0. The minimum absolute atomic E-state index is 0.0737. The minimum atomic E-state index is -0.919. The van der Waals surface area contributed by atoms with Gasteiger partial charge < -0.3 is 15.4 Å². The highest BCUT2D eigenvalue weighted by Gasteiger charge is 2.40. The molecule has 1 saturated carbocycles. The Kier molecular flexibility index (Phi) is 3.77. The van der Waals surface area contributed by atoms with Gasteiger partial charge in [0, 0.05) is 18.0 Å². The number of aromatic nitrogens is 2. The fourth-order valence-corrected chi connectivity index (χ4v) is 2.87. The molecule has 3 N–H and O–H groups in total. The molecule has 120 valence electrons. The number of carbonyl (C=O) groups excluding carboxylic acids is 1. The van der Waals surface area contributed by atoms with Gasteiger partial charge in [0.25, 0.3) is 5.91 Å². The van der Waals surface area contributed by atoms with Crippen LogP contribution in [-0.4, -0.2) is 32.1 Å². The van der Waals surface area contributed by atoms with Crippen LogP contribution in [0.15, 0.2) is 41.5 Å². The number of amides is 1. The Hall–Kier alpha value is -2.83. The van der Waals surface area contributed by atoms with Crippen LogP contribution in [0, 0.1) is 0 Å². The molecule has 0 bridgehead atoms. The number of hydrogen-bond acceptors (Lipinski definition) is 3. The first kappa shape index (κ1) is 15.1. The van der Waals surface area contributed by atoms with Crippen LogP contribution in [0.2, 0.25) is 0 Å². The van der Waals surface area contributed by atoms with Crippen molar-refractivity contribution >= 4 is 11.9 Å². The molecule has 0 unspecified atom stereocenters. The largest absolute Gasteiger partial charge is 0.481 e. The zero-order chi connectivity index (χ0) is 16.4. The Morgan fingerprint density at radius 3 is 2.70 bits per heavy atom. The summed E-state index contributed by atoms with van der Waals surface area (Å²) >= 11 is 0. The van der Waals surface area contributed by atoms with Crippen molar-refractivity contribution < 1.29 is 14.7 Å². The maximum atomic E-state index is 12.4. The van der Waals surface area contributed by atoms with E-state index in [4.69, 9.17) is 5.11 Å². The molecule has 0 atom stereocenters. The van der Waals surface area contributed by atoms with Gasteiger partial charge in [-0.3, -0.25) is 14.2 Å². The molecular weight excluding hydrogens is 298 g/mol. The Labute approximate surface area is 132 Å². The van der Waals surface area contributed by atoms with Crippen LogP contribution in [0.4, 0.5) is 0 Å². The van der Waals surface area contributed by atoms with Crippen LogP contribution in [0.25, 0.3) is 5.69 Å². The molecule has 1 fully saturated rings. The van der Waals surface area contributed by atoms with E-state index in [0.717, 1.165) is 6.42 Å². The van der Waals surface area contributed by atoms with Gasteiger partial charge in [-0.05, 0) is 37.5 Å². The molecule has 1 amide bonds. The summed E-state index contributed by atoms with van der Waals surface area (Å²) in [7, 11) is 0. The number of rotatable bonds is 5. The van der Waals surface area contributed by atoms with Gasteiger partial charge in [0.2, 0.25) is 0 Å². The number of nitrogens with one attached hydrogen (secondary N) is 2. The lowest BCUT2D eigenvalue weighted by Gasteiger charge is -2.41.